The zero-order chi connectivity index (χ0) is 20.9. The molecule has 0 aliphatic carbocycles. The minimum absolute atomic E-state index is 0.0403. The summed E-state index contributed by atoms with van der Waals surface area (Å²) in [5.41, 5.74) is 2.82. The van der Waals surface area contributed by atoms with Gasteiger partial charge >= 0.3 is 0 Å². The second-order valence-corrected chi connectivity index (χ2v) is 9.90. The summed E-state index contributed by atoms with van der Waals surface area (Å²) in [4.78, 5) is 12.5. The normalized spacial score (nSPS) is 11.5. The van der Waals surface area contributed by atoms with E-state index in [-0.39, 0.29) is 11.9 Å². The smallest absolute Gasteiger partial charge is 0.248 e. The Hall–Kier alpha value is -2.59. The maximum atomic E-state index is 13.9. The van der Waals surface area contributed by atoms with Crippen LogP contribution in [0.1, 0.15) is 5.56 Å². The van der Waals surface area contributed by atoms with Gasteiger partial charge in [-0.15, -0.1) is 0 Å². The molecule has 0 atom stereocenters. The average molecular weight is 447 g/mol. The minimum atomic E-state index is -3.29. The molecule has 0 aromatic heterocycles. The minimum Gasteiger partial charge on any atom is -0.507 e. The van der Waals surface area contributed by atoms with E-state index in [4.69, 9.17) is 23.2 Å². The number of phenols is 1. The molecule has 29 heavy (non-hydrogen) atoms. The number of para-hydroxylation sites is 1. The number of nitrogens with one attached hydrogen (secondary N) is 1. The van der Waals surface area contributed by atoms with Gasteiger partial charge in [-0.05, 0) is 60.7 Å². The number of carbonyl (C=O) groups excluding carboxylic acids is 1. The van der Waals surface area contributed by atoms with Crippen molar-refractivity contribution in [1.29, 1.82) is 0 Å². The number of carbonyl (C=O) groups is 1. The average Bonchev–Trinajstić information content (AvgIpc) is 2.70. The van der Waals surface area contributed by atoms with Gasteiger partial charge in [-0.2, -0.15) is 5.10 Å². The Morgan fingerprint density at radius 2 is 1.45 bits per heavy atom. The highest BCUT2D eigenvalue weighted by Crippen LogP contribution is 2.43. The van der Waals surface area contributed by atoms with Crippen molar-refractivity contribution >= 4 is 53.1 Å². The number of hydrogen-bond donors (Lipinski definition) is 2. The summed E-state index contributed by atoms with van der Waals surface area (Å²) in [5.74, 6) is -0.483. The van der Waals surface area contributed by atoms with Gasteiger partial charge in [0, 0.05) is 26.2 Å². The van der Waals surface area contributed by atoms with Gasteiger partial charge in [0.25, 0.3) is 0 Å². The number of halogens is 2. The summed E-state index contributed by atoms with van der Waals surface area (Å²) in [6, 6.07) is 19.7. The third kappa shape index (κ3) is 5.27. The van der Waals surface area contributed by atoms with Crippen LogP contribution in [-0.2, 0) is 9.36 Å². The maximum Gasteiger partial charge on any atom is 0.248 e. The second-order valence-electron chi connectivity index (χ2n) is 6.20. The first-order valence-electron chi connectivity index (χ1n) is 8.60. The van der Waals surface area contributed by atoms with Crippen molar-refractivity contribution in [2.24, 2.45) is 5.10 Å². The Kier molecular flexibility index (Phi) is 6.75. The molecule has 3 aromatic carbocycles. The SMILES string of the molecule is O=C(CP(=O)(c1ccc(Cl)cc1)c1ccc(Cl)cc1)N/N=C/c1ccccc1O. The fraction of sp³-hybridized carbons (Fsp3) is 0.0476. The molecule has 3 aromatic rings. The van der Waals surface area contributed by atoms with E-state index >= 15 is 0 Å². The second kappa shape index (κ2) is 9.27. The first-order chi connectivity index (χ1) is 13.9. The van der Waals surface area contributed by atoms with Crippen LogP contribution < -0.4 is 16.0 Å². The number of benzene rings is 3. The number of hydrogen-bond acceptors (Lipinski definition) is 4. The number of phenolic OH excluding ortho intramolecular Hbond substituents is 1. The van der Waals surface area contributed by atoms with Crippen LogP contribution in [0.15, 0.2) is 77.9 Å². The number of hydrazone groups is 1. The van der Waals surface area contributed by atoms with Crippen molar-refractivity contribution in [3.63, 3.8) is 0 Å². The fourth-order valence-corrected chi connectivity index (χ4v) is 5.36. The topological polar surface area (TPSA) is 78.8 Å². The van der Waals surface area contributed by atoms with Crippen LogP contribution in [0, 0.1) is 0 Å². The van der Waals surface area contributed by atoms with Gasteiger partial charge in [-0.3, -0.25) is 4.79 Å². The molecule has 0 radical (unpaired) electrons. The molecule has 1 amide bonds. The van der Waals surface area contributed by atoms with Crippen molar-refractivity contribution in [1.82, 2.24) is 5.43 Å². The van der Waals surface area contributed by atoms with Gasteiger partial charge in [0.05, 0.1) is 12.4 Å². The monoisotopic (exact) mass is 446 g/mol. The van der Waals surface area contributed by atoms with Gasteiger partial charge in [0.1, 0.15) is 5.75 Å². The van der Waals surface area contributed by atoms with Crippen molar-refractivity contribution in [2.45, 2.75) is 0 Å². The molecular weight excluding hydrogens is 430 g/mol. The first kappa shape index (κ1) is 21.1. The highest BCUT2D eigenvalue weighted by molar-refractivity contribution is 7.79. The van der Waals surface area contributed by atoms with E-state index < -0.39 is 13.0 Å². The Labute approximate surface area is 178 Å². The summed E-state index contributed by atoms with van der Waals surface area (Å²) in [6.07, 6.45) is 1.04. The van der Waals surface area contributed by atoms with Crippen LogP contribution >= 0.6 is 30.3 Å². The lowest BCUT2D eigenvalue weighted by Crippen LogP contribution is -2.28. The lowest BCUT2D eigenvalue weighted by atomic mass is 10.2. The first-order valence-corrected chi connectivity index (χ1v) is 11.2. The van der Waals surface area contributed by atoms with E-state index in [1.54, 1.807) is 66.7 Å². The van der Waals surface area contributed by atoms with Crippen molar-refractivity contribution < 1.29 is 14.5 Å². The van der Waals surface area contributed by atoms with Crippen molar-refractivity contribution in [3.05, 3.63) is 88.4 Å². The summed E-state index contributed by atoms with van der Waals surface area (Å²) >= 11 is 11.9. The van der Waals surface area contributed by atoms with Gasteiger partial charge in [-0.1, -0.05) is 35.3 Å². The van der Waals surface area contributed by atoms with Gasteiger partial charge in [-0.25, -0.2) is 5.43 Å². The largest absolute Gasteiger partial charge is 0.507 e. The lowest BCUT2D eigenvalue weighted by molar-refractivity contribution is -0.118. The van der Waals surface area contributed by atoms with Crippen LogP contribution in [-0.4, -0.2) is 23.4 Å². The Morgan fingerprint density at radius 3 is 1.97 bits per heavy atom. The molecule has 0 fully saturated rings. The molecule has 0 aliphatic rings. The Balaban J connectivity index is 1.84. The third-order valence-electron chi connectivity index (χ3n) is 4.18. The molecule has 8 heteroatoms. The third-order valence-corrected chi connectivity index (χ3v) is 7.68. The van der Waals surface area contributed by atoms with Crippen LogP contribution in [0.2, 0.25) is 10.0 Å². The number of nitrogens with zero attached hydrogens (tertiary/aromatic N) is 1. The molecule has 5 nitrogen and oxygen atoms in total. The number of amides is 1. The maximum absolute atomic E-state index is 13.9. The predicted octanol–water partition coefficient (Wildman–Crippen LogP) is 4.16. The molecule has 0 saturated carbocycles. The number of rotatable bonds is 6. The van der Waals surface area contributed by atoms with E-state index in [9.17, 15) is 14.5 Å². The molecule has 148 valence electrons. The zero-order valence-electron chi connectivity index (χ0n) is 15.1. The Bertz CT molecular complexity index is 1030. The molecule has 0 aliphatic heterocycles. The molecule has 3 rings (SSSR count). The standard InChI is InChI=1S/C21H17Cl2N2O3P/c22-16-5-9-18(10-6-16)29(28,19-11-7-17(23)8-12-19)14-21(27)25-24-13-15-3-1-2-4-20(15)26/h1-13,26H,14H2,(H,25,27)/b24-13+. The molecular formula is C21H17Cl2N2O3P. The molecule has 0 unspecified atom stereocenters. The van der Waals surface area contributed by atoms with Crippen LogP contribution in [0.25, 0.3) is 0 Å². The summed E-state index contributed by atoms with van der Waals surface area (Å²) in [7, 11) is -3.29. The molecule has 0 bridgehead atoms. The van der Waals surface area contributed by atoms with E-state index in [1.165, 1.54) is 12.3 Å². The predicted molar refractivity (Wildman–Crippen MR) is 118 cm³/mol. The quantitative estimate of drug-likeness (QED) is 0.339. The fourth-order valence-electron chi connectivity index (χ4n) is 2.70. The van der Waals surface area contributed by atoms with Crippen molar-refractivity contribution in [2.75, 3.05) is 6.16 Å². The summed E-state index contributed by atoms with van der Waals surface area (Å²) in [5, 5.41) is 15.6. The molecule has 0 heterocycles. The zero-order valence-corrected chi connectivity index (χ0v) is 17.5. The number of aromatic hydroxyl groups is 1. The van der Waals surface area contributed by atoms with Crippen LogP contribution in [0.4, 0.5) is 0 Å². The van der Waals surface area contributed by atoms with Gasteiger partial charge in [0.2, 0.25) is 5.91 Å². The molecule has 2 N–H and O–H groups in total. The summed E-state index contributed by atoms with van der Waals surface area (Å²) < 4.78 is 13.9. The van der Waals surface area contributed by atoms with Crippen LogP contribution in [0.5, 0.6) is 5.75 Å². The highest BCUT2D eigenvalue weighted by Gasteiger charge is 2.30. The van der Waals surface area contributed by atoms with E-state index in [0.717, 1.165) is 0 Å². The Morgan fingerprint density at radius 1 is 0.931 bits per heavy atom. The highest BCUT2D eigenvalue weighted by atomic mass is 35.5. The summed E-state index contributed by atoms with van der Waals surface area (Å²) in [6.45, 7) is 0. The van der Waals surface area contributed by atoms with E-state index in [0.29, 0.717) is 26.2 Å². The van der Waals surface area contributed by atoms with Crippen LogP contribution in [0.3, 0.4) is 0 Å². The molecule has 0 spiro atoms. The van der Waals surface area contributed by atoms with E-state index in [1.807, 2.05) is 0 Å². The van der Waals surface area contributed by atoms with E-state index in [2.05, 4.69) is 10.5 Å². The van der Waals surface area contributed by atoms with Crippen molar-refractivity contribution in [3.8, 4) is 5.75 Å². The molecule has 0 saturated heterocycles. The van der Waals surface area contributed by atoms with Gasteiger partial charge in [0.15, 0.2) is 7.14 Å². The lowest BCUT2D eigenvalue weighted by Gasteiger charge is -2.18. The van der Waals surface area contributed by atoms with Gasteiger partial charge < -0.3 is 9.67 Å².